The normalized spacial score (nSPS) is 12.4. The summed E-state index contributed by atoms with van der Waals surface area (Å²) in [6, 6.07) is -0.153. The Morgan fingerprint density at radius 1 is 1.17 bits per heavy atom. The van der Waals surface area contributed by atoms with E-state index in [4.69, 9.17) is 10.5 Å². The Balaban J connectivity index is 3.93. The molecule has 0 aromatic carbocycles. The Morgan fingerprint density at radius 3 is 2.56 bits per heavy atom. The molecule has 0 saturated heterocycles. The van der Waals surface area contributed by atoms with Crippen LogP contribution in [0.25, 0.3) is 0 Å². The molecule has 0 aromatic rings. The van der Waals surface area contributed by atoms with Crippen LogP contribution in [0.5, 0.6) is 0 Å². The molecule has 0 bridgehead atoms. The van der Waals surface area contributed by atoms with Crippen molar-refractivity contribution in [1.82, 2.24) is 5.32 Å². The fourth-order valence-electron chi connectivity index (χ4n) is 1.75. The first-order chi connectivity index (χ1) is 8.76. The molecule has 0 aliphatic rings. The number of hydrogen-bond donors (Lipinski definition) is 2. The zero-order chi connectivity index (χ0) is 13.6. The number of unbranched alkanes of at least 4 members (excludes halogenated alkanes) is 3. The number of rotatable bonds is 12. The van der Waals surface area contributed by atoms with E-state index in [1.807, 2.05) is 6.92 Å². The smallest absolute Gasteiger partial charge is 0.323 e. The summed E-state index contributed by atoms with van der Waals surface area (Å²) in [5.74, 6) is -0.106. The molecule has 0 aromatic heterocycles. The van der Waals surface area contributed by atoms with E-state index in [1.54, 1.807) is 0 Å². The van der Waals surface area contributed by atoms with Gasteiger partial charge in [-0.15, -0.1) is 0 Å². The third kappa shape index (κ3) is 9.42. The average molecular weight is 258 g/mol. The number of esters is 1. The van der Waals surface area contributed by atoms with Gasteiger partial charge in [-0.1, -0.05) is 33.1 Å². The molecule has 4 nitrogen and oxygen atoms in total. The lowest BCUT2D eigenvalue weighted by molar-refractivity contribution is -0.146. The third-order valence-corrected chi connectivity index (χ3v) is 2.85. The van der Waals surface area contributed by atoms with Gasteiger partial charge in [-0.2, -0.15) is 0 Å². The van der Waals surface area contributed by atoms with Crippen LogP contribution in [0, 0.1) is 0 Å². The van der Waals surface area contributed by atoms with Gasteiger partial charge in [-0.3, -0.25) is 4.79 Å². The van der Waals surface area contributed by atoms with Crippen LogP contribution in [0.3, 0.4) is 0 Å². The minimum atomic E-state index is -0.153. The lowest BCUT2D eigenvalue weighted by atomic mass is 10.1. The molecule has 0 heterocycles. The average Bonchev–Trinajstić information content (AvgIpc) is 2.39. The third-order valence-electron chi connectivity index (χ3n) is 2.85. The molecule has 0 aliphatic carbocycles. The minimum absolute atomic E-state index is 0.106. The number of carbonyl (C=O) groups excluding carboxylic acids is 1. The van der Waals surface area contributed by atoms with Gasteiger partial charge in [-0.25, -0.2) is 0 Å². The Labute approximate surface area is 112 Å². The van der Waals surface area contributed by atoms with Crippen molar-refractivity contribution in [2.24, 2.45) is 5.73 Å². The number of nitrogens with two attached hydrogens (primary N) is 1. The van der Waals surface area contributed by atoms with Crippen molar-refractivity contribution in [2.45, 2.75) is 64.8 Å². The van der Waals surface area contributed by atoms with Gasteiger partial charge in [0.2, 0.25) is 0 Å². The van der Waals surface area contributed by atoms with Crippen molar-refractivity contribution >= 4 is 5.97 Å². The summed E-state index contributed by atoms with van der Waals surface area (Å²) in [5.41, 5.74) is 5.47. The van der Waals surface area contributed by atoms with Gasteiger partial charge in [0.1, 0.15) is 6.04 Å². The standard InChI is InChI=1S/C14H30N2O2/c1-3-5-8-11-16-13(9-6-7-10-15)14(17)18-12-4-2/h13,16H,3-12,15H2,1-2H3/t13-/m0/s1. The second kappa shape index (κ2) is 12.8. The Hall–Kier alpha value is -0.610. The van der Waals surface area contributed by atoms with Gasteiger partial charge < -0.3 is 15.8 Å². The highest BCUT2D eigenvalue weighted by atomic mass is 16.5. The topological polar surface area (TPSA) is 64.3 Å². The fraction of sp³-hybridized carbons (Fsp3) is 0.929. The monoisotopic (exact) mass is 258 g/mol. The molecule has 4 heteroatoms. The quantitative estimate of drug-likeness (QED) is 0.416. The van der Waals surface area contributed by atoms with Gasteiger partial charge >= 0.3 is 5.97 Å². The van der Waals surface area contributed by atoms with E-state index < -0.39 is 0 Å². The lowest BCUT2D eigenvalue weighted by Gasteiger charge is -2.17. The van der Waals surface area contributed by atoms with Gasteiger partial charge in [0, 0.05) is 0 Å². The Morgan fingerprint density at radius 2 is 1.94 bits per heavy atom. The van der Waals surface area contributed by atoms with E-state index >= 15 is 0 Å². The maximum Gasteiger partial charge on any atom is 0.323 e. The number of ether oxygens (including phenoxy) is 1. The molecular weight excluding hydrogens is 228 g/mol. The first kappa shape index (κ1) is 17.4. The fourth-order valence-corrected chi connectivity index (χ4v) is 1.75. The molecule has 0 rings (SSSR count). The van der Waals surface area contributed by atoms with Crippen LogP contribution in [0.4, 0.5) is 0 Å². The molecule has 0 saturated carbocycles. The summed E-state index contributed by atoms with van der Waals surface area (Å²) in [6.07, 6.45) is 7.15. The predicted octanol–water partition coefficient (Wildman–Crippen LogP) is 2.22. The maximum absolute atomic E-state index is 11.8. The predicted molar refractivity (Wildman–Crippen MR) is 75.5 cm³/mol. The van der Waals surface area contributed by atoms with Crippen molar-refractivity contribution in [3.05, 3.63) is 0 Å². The number of nitrogens with one attached hydrogen (secondary N) is 1. The minimum Gasteiger partial charge on any atom is -0.465 e. The first-order valence-electron chi connectivity index (χ1n) is 7.36. The highest BCUT2D eigenvalue weighted by Gasteiger charge is 2.18. The van der Waals surface area contributed by atoms with E-state index in [0.717, 1.165) is 38.6 Å². The van der Waals surface area contributed by atoms with Gasteiger partial charge in [0.25, 0.3) is 0 Å². The van der Waals surface area contributed by atoms with Crippen molar-refractivity contribution in [2.75, 3.05) is 19.7 Å². The van der Waals surface area contributed by atoms with Gasteiger partial charge in [0.15, 0.2) is 0 Å². The molecule has 18 heavy (non-hydrogen) atoms. The summed E-state index contributed by atoms with van der Waals surface area (Å²) in [6.45, 7) is 6.28. The Kier molecular flexibility index (Phi) is 12.4. The molecular formula is C14H30N2O2. The van der Waals surface area contributed by atoms with Crippen molar-refractivity contribution in [1.29, 1.82) is 0 Å². The van der Waals surface area contributed by atoms with E-state index in [1.165, 1.54) is 12.8 Å². The van der Waals surface area contributed by atoms with E-state index in [0.29, 0.717) is 13.2 Å². The van der Waals surface area contributed by atoms with Crippen LogP contribution < -0.4 is 11.1 Å². The maximum atomic E-state index is 11.8. The molecule has 0 aliphatic heterocycles. The van der Waals surface area contributed by atoms with Gasteiger partial charge in [0.05, 0.1) is 6.61 Å². The Bertz CT molecular complexity index is 198. The molecule has 1 atom stereocenters. The number of hydrogen-bond acceptors (Lipinski definition) is 4. The van der Waals surface area contributed by atoms with E-state index in [-0.39, 0.29) is 12.0 Å². The highest BCUT2D eigenvalue weighted by molar-refractivity contribution is 5.75. The highest BCUT2D eigenvalue weighted by Crippen LogP contribution is 2.04. The summed E-state index contributed by atoms with van der Waals surface area (Å²) in [4.78, 5) is 11.8. The van der Waals surface area contributed by atoms with Crippen LogP contribution in [-0.2, 0) is 9.53 Å². The second-order valence-electron chi connectivity index (χ2n) is 4.67. The van der Waals surface area contributed by atoms with E-state index in [2.05, 4.69) is 12.2 Å². The molecule has 0 fully saturated rings. The van der Waals surface area contributed by atoms with Crippen LogP contribution in [0.1, 0.15) is 58.8 Å². The summed E-state index contributed by atoms with van der Waals surface area (Å²) in [7, 11) is 0. The van der Waals surface area contributed by atoms with Crippen LogP contribution in [0.2, 0.25) is 0 Å². The number of carbonyl (C=O) groups is 1. The summed E-state index contributed by atoms with van der Waals surface area (Å²) < 4.78 is 5.21. The summed E-state index contributed by atoms with van der Waals surface area (Å²) in [5, 5.41) is 3.31. The molecule has 108 valence electrons. The van der Waals surface area contributed by atoms with Crippen molar-refractivity contribution in [3.63, 3.8) is 0 Å². The molecule has 0 spiro atoms. The van der Waals surface area contributed by atoms with Crippen LogP contribution in [-0.4, -0.2) is 31.7 Å². The van der Waals surface area contributed by atoms with Crippen LogP contribution in [0.15, 0.2) is 0 Å². The van der Waals surface area contributed by atoms with Gasteiger partial charge in [-0.05, 0) is 38.8 Å². The zero-order valence-corrected chi connectivity index (χ0v) is 12.0. The second-order valence-corrected chi connectivity index (χ2v) is 4.67. The molecule has 0 amide bonds. The molecule has 0 unspecified atom stereocenters. The van der Waals surface area contributed by atoms with Crippen molar-refractivity contribution < 1.29 is 9.53 Å². The zero-order valence-electron chi connectivity index (χ0n) is 12.0. The first-order valence-corrected chi connectivity index (χ1v) is 7.36. The van der Waals surface area contributed by atoms with E-state index in [9.17, 15) is 4.79 Å². The largest absolute Gasteiger partial charge is 0.465 e. The lowest BCUT2D eigenvalue weighted by Crippen LogP contribution is -2.38. The van der Waals surface area contributed by atoms with Crippen molar-refractivity contribution in [3.8, 4) is 0 Å². The molecule has 3 N–H and O–H groups in total. The molecule has 0 radical (unpaired) electrons. The van der Waals surface area contributed by atoms with Crippen LogP contribution >= 0.6 is 0 Å². The summed E-state index contributed by atoms with van der Waals surface area (Å²) >= 11 is 0. The SMILES string of the molecule is CCCCCN[C@@H](CCCCN)C(=O)OCCC.